The number of aliphatic carboxylic acids is 1. The number of nitrogens with one attached hydrogen (secondary N) is 1. The molecule has 1 fully saturated rings. The standard InChI is InChI=1S/C18H22N2O2/c1-12-6-2-4-8-15(12)20-17-10-13(11-18(21)22)19-16-9-5-3-7-14(16)17/h3,5,7,9-10,12,15H,2,4,6,8,11H2,1H3,(H,19,20)(H,21,22). The van der Waals surface area contributed by atoms with Gasteiger partial charge in [-0.2, -0.15) is 0 Å². The lowest BCUT2D eigenvalue weighted by Gasteiger charge is -2.31. The summed E-state index contributed by atoms with van der Waals surface area (Å²) in [7, 11) is 0. The number of carbonyl (C=O) groups is 1. The van der Waals surface area contributed by atoms with E-state index in [0.29, 0.717) is 17.7 Å². The minimum atomic E-state index is -0.847. The Hall–Kier alpha value is -2.10. The first-order valence-electron chi connectivity index (χ1n) is 8.00. The van der Waals surface area contributed by atoms with E-state index in [1.54, 1.807) is 0 Å². The number of para-hydroxylation sites is 1. The first-order chi connectivity index (χ1) is 10.6. The molecular formula is C18H22N2O2. The SMILES string of the molecule is CC1CCCCC1Nc1cc(CC(=O)O)nc2ccccc12. The van der Waals surface area contributed by atoms with Gasteiger partial charge < -0.3 is 10.4 Å². The summed E-state index contributed by atoms with van der Waals surface area (Å²) >= 11 is 0. The van der Waals surface area contributed by atoms with Crippen molar-refractivity contribution in [3.05, 3.63) is 36.0 Å². The second-order valence-corrected chi connectivity index (χ2v) is 6.26. The van der Waals surface area contributed by atoms with E-state index in [1.807, 2.05) is 30.3 Å². The van der Waals surface area contributed by atoms with Gasteiger partial charge in [-0.05, 0) is 30.9 Å². The molecule has 1 aliphatic carbocycles. The van der Waals surface area contributed by atoms with Crippen LogP contribution in [0.2, 0.25) is 0 Å². The third-order valence-corrected chi connectivity index (χ3v) is 4.55. The zero-order chi connectivity index (χ0) is 15.5. The Labute approximate surface area is 130 Å². The van der Waals surface area contributed by atoms with Gasteiger partial charge in [0.15, 0.2) is 0 Å². The average molecular weight is 298 g/mol. The third-order valence-electron chi connectivity index (χ3n) is 4.55. The summed E-state index contributed by atoms with van der Waals surface area (Å²) in [6.07, 6.45) is 4.95. The molecule has 0 amide bonds. The van der Waals surface area contributed by atoms with Crippen LogP contribution in [0.4, 0.5) is 5.69 Å². The molecular weight excluding hydrogens is 276 g/mol. The van der Waals surface area contributed by atoms with Crippen molar-refractivity contribution in [2.24, 2.45) is 5.92 Å². The van der Waals surface area contributed by atoms with Crippen LogP contribution in [0.3, 0.4) is 0 Å². The zero-order valence-corrected chi connectivity index (χ0v) is 12.9. The Morgan fingerprint density at radius 3 is 2.86 bits per heavy atom. The summed E-state index contributed by atoms with van der Waals surface area (Å²) in [6.45, 7) is 2.29. The Morgan fingerprint density at radius 1 is 1.32 bits per heavy atom. The fraction of sp³-hybridized carbons (Fsp3) is 0.444. The lowest BCUT2D eigenvalue weighted by atomic mass is 9.85. The van der Waals surface area contributed by atoms with Crippen molar-refractivity contribution in [2.75, 3.05) is 5.32 Å². The number of pyridine rings is 1. The smallest absolute Gasteiger partial charge is 0.309 e. The lowest BCUT2D eigenvalue weighted by Crippen LogP contribution is -2.30. The van der Waals surface area contributed by atoms with Gasteiger partial charge in [0.1, 0.15) is 0 Å². The second kappa shape index (κ2) is 6.34. The van der Waals surface area contributed by atoms with Crippen molar-refractivity contribution in [3.63, 3.8) is 0 Å². The van der Waals surface area contributed by atoms with Gasteiger partial charge >= 0.3 is 5.97 Å². The molecule has 2 unspecified atom stereocenters. The highest BCUT2D eigenvalue weighted by Gasteiger charge is 2.22. The molecule has 0 radical (unpaired) electrons. The molecule has 2 N–H and O–H groups in total. The highest BCUT2D eigenvalue weighted by molar-refractivity contribution is 5.92. The summed E-state index contributed by atoms with van der Waals surface area (Å²) in [5.41, 5.74) is 2.48. The summed E-state index contributed by atoms with van der Waals surface area (Å²) in [5.74, 6) is -0.205. The third kappa shape index (κ3) is 3.21. The number of carboxylic acids is 1. The van der Waals surface area contributed by atoms with Gasteiger partial charge in [0.05, 0.1) is 17.6 Å². The summed E-state index contributed by atoms with van der Waals surface area (Å²) in [5, 5.41) is 13.8. The molecule has 1 aromatic heterocycles. The fourth-order valence-electron chi connectivity index (χ4n) is 3.33. The maximum Gasteiger partial charge on any atom is 0.309 e. The van der Waals surface area contributed by atoms with Gasteiger partial charge in [-0.3, -0.25) is 9.78 Å². The van der Waals surface area contributed by atoms with E-state index in [-0.39, 0.29) is 6.42 Å². The second-order valence-electron chi connectivity index (χ2n) is 6.26. The van der Waals surface area contributed by atoms with E-state index in [9.17, 15) is 4.79 Å². The van der Waals surface area contributed by atoms with Gasteiger partial charge in [0.25, 0.3) is 0 Å². The number of nitrogens with zero attached hydrogens (tertiary/aromatic N) is 1. The quantitative estimate of drug-likeness (QED) is 0.900. The monoisotopic (exact) mass is 298 g/mol. The highest BCUT2D eigenvalue weighted by atomic mass is 16.4. The maximum absolute atomic E-state index is 11.0. The van der Waals surface area contributed by atoms with Crippen LogP contribution in [0.15, 0.2) is 30.3 Å². The summed E-state index contributed by atoms with van der Waals surface area (Å²) in [6, 6.07) is 10.3. The van der Waals surface area contributed by atoms with Crippen LogP contribution >= 0.6 is 0 Å². The van der Waals surface area contributed by atoms with Crippen molar-refractivity contribution in [1.29, 1.82) is 0 Å². The molecule has 1 aliphatic rings. The van der Waals surface area contributed by atoms with Gasteiger partial charge in [-0.15, -0.1) is 0 Å². The number of hydrogen-bond acceptors (Lipinski definition) is 3. The van der Waals surface area contributed by atoms with Crippen LogP contribution in [0.5, 0.6) is 0 Å². The molecule has 0 aliphatic heterocycles. The molecule has 2 atom stereocenters. The van der Waals surface area contributed by atoms with Crippen molar-refractivity contribution in [2.45, 2.75) is 45.1 Å². The van der Waals surface area contributed by atoms with Crippen molar-refractivity contribution in [3.8, 4) is 0 Å². The van der Waals surface area contributed by atoms with Crippen LogP contribution in [-0.2, 0) is 11.2 Å². The highest BCUT2D eigenvalue weighted by Crippen LogP contribution is 2.30. The number of benzene rings is 1. The van der Waals surface area contributed by atoms with Gasteiger partial charge in [0, 0.05) is 17.1 Å². The molecule has 0 saturated heterocycles. The summed E-state index contributed by atoms with van der Waals surface area (Å²) in [4.78, 5) is 15.5. The minimum Gasteiger partial charge on any atom is -0.481 e. The number of aromatic nitrogens is 1. The summed E-state index contributed by atoms with van der Waals surface area (Å²) < 4.78 is 0. The lowest BCUT2D eigenvalue weighted by molar-refractivity contribution is -0.136. The van der Waals surface area contributed by atoms with E-state index in [4.69, 9.17) is 5.11 Å². The molecule has 4 nitrogen and oxygen atoms in total. The van der Waals surface area contributed by atoms with Crippen molar-refractivity contribution in [1.82, 2.24) is 4.98 Å². The predicted molar refractivity (Wildman–Crippen MR) is 88.1 cm³/mol. The van der Waals surface area contributed by atoms with E-state index in [1.165, 1.54) is 25.7 Å². The number of fused-ring (bicyclic) bond motifs is 1. The fourth-order valence-corrected chi connectivity index (χ4v) is 3.33. The molecule has 22 heavy (non-hydrogen) atoms. The number of hydrogen-bond donors (Lipinski definition) is 2. The normalized spacial score (nSPS) is 21.7. The van der Waals surface area contributed by atoms with Crippen LogP contribution < -0.4 is 5.32 Å². The maximum atomic E-state index is 11.0. The first-order valence-corrected chi connectivity index (χ1v) is 8.00. The van der Waals surface area contributed by atoms with E-state index in [0.717, 1.165) is 16.6 Å². The molecule has 0 bridgehead atoms. The topological polar surface area (TPSA) is 62.2 Å². The molecule has 116 valence electrons. The molecule has 1 saturated carbocycles. The van der Waals surface area contributed by atoms with Crippen LogP contribution in [0.1, 0.15) is 38.3 Å². The average Bonchev–Trinajstić information content (AvgIpc) is 2.49. The Morgan fingerprint density at radius 2 is 2.09 bits per heavy atom. The molecule has 1 aromatic carbocycles. The Bertz CT molecular complexity index is 684. The van der Waals surface area contributed by atoms with Gasteiger partial charge in [-0.1, -0.05) is 38.0 Å². The van der Waals surface area contributed by atoms with Crippen LogP contribution in [-0.4, -0.2) is 22.1 Å². The molecule has 4 heteroatoms. The van der Waals surface area contributed by atoms with Crippen molar-refractivity contribution >= 4 is 22.6 Å². The van der Waals surface area contributed by atoms with Gasteiger partial charge in [-0.25, -0.2) is 0 Å². The first kappa shape index (κ1) is 14.8. The number of anilines is 1. The van der Waals surface area contributed by atoms with Crippen LogP contribution in [0, 0.1) is 5.92 Å². The van der Waals surface area contributed by atoms with E-state index < -0.39 is 5.97 Å². The minimum absolute atomic E-state index is 0.0419. The molecule has 3 rings (SSSR count). The molecule has 1 heterocycles. The van der Waals surface area contributed by atoms with E-state index >= 15 is 0 Å². The largest absolute Gasteiger partial charge is 0.481 e. The molecule has 2 aromatic rings. The van der Waals surface area contributed by atoms with Crippen molar-refractivity contribution < 1.29 is 9.90 Å². The van der Waals surface area contributed by atoms with Crippen LogP contribution in [0.25, 0.3) is 10.9 Å². The molecule has 0 spiro atoms. The number of rotatable bonds is 4. The Kier molecular flexibility index (Phi) is 4.27. The van der Waals surface area contributed by atoms with E-state index in [2.05, 4.69) is 17.2 Å². The predicted octanol–water partition coefficient (Wildman–Crippen LogP) is 3.85. The number of carboxylic acid groups (broad SMARTS) is 1. The van der Waals surface area contributed by atoms with Gasteiger partial charge in [0.2, 0.25) is 0 Å². The zero-order valence-electron chi connectivity index (χ0n) is 12.9. The Balaban J connectivity index is 1.96.